The Morgan fingerprint density at radius 1 is 1.26 bits per heavy atom. The van der Waals surface area contributed by atoms with Gasteiger partial charge in [0.25, 0.3) is 5.91 Å². The largest absolute Gasteiger partial charge is 0.355 e. The highest BCUT2D eigenvalue weighted by Gasteiger charge is 2.24. The highest BCUT2D eigenvalue weighted by molar-refractivity contribution is 5.97. The molecule has 2 rings (SSSR count). The summed E-state index contributed by atoms with van der Waals surface area (Å²) in [6.45, 7) is 2.21. The molecule has 1 fully saturated rings. The fraction of sp³-hybridized carbons (Fsp3) is 0.600. The Labute approximate surface area is 135 Å². The summed E-state index contributed by atoms with van der Waals surface area (Å²) >= 11 is 0. The lowest BCUT2D eigenvalue weighted by Crippen LogP contribution is -2.36. The predicted molar refractivity (Wildman–Crippen MR) is 84.8 cm³/mol. The summed E-state index contributed by atoms with van der Waals surface area (Å²) < 4.78 is 1.45. The van der Waals surface area contributed by atoms with Gasteiger partial charge in [0.05, 0.1) is 6.54 Å². The minimum Gasteiger partial charge on any atom is -0.355 e. The fourth-order valence-corrected chi connectivity index (χ4v) is 2.62. The minimum absolute atomic E-state index is 0.0280. The van der Waals surface area contributed by atoms with E-state index in [0.717, 1.165) is 25.7 Å². The lowest BCUT2D eigenvalue weighted by Gasteiger charge is -2.09. The van der Waals surface area contributed by atoms with Crippen LogP contribution >= 0.6 is 0 Å². The summed E-state index contributed by atoms with van der Waals surface area (Å²) in [5, 5.41) is 12.0. The van der Waals surface area contributed by atoms with Gasteiger partial charge in [-0.05, 0) is 19.8 Å². The molecule has 1 aliphatic carbocycles. The van der Waals surface area contributed by atoms with Crippen LogP contribution in [0.3, 0.4) is 0 Å². The third kappa shape index (κ3) is 4.54. The van der Waals surface area contributed by atoms with Gasteiger partial charge in [-0.15, -0.1) is 0 Å². The molecule has 3 N–H and O–H groups in total. The van der Waals surface area contributed by atoms with E-state index in [0.29, 0.717) is 12.4 Å². The van der Waals surface area contributed by atoms with E-state index in [9.17, 15) is 14.4 Å². The molecule has 0 atom stereocenters. The molecule has 1 heterocycles. The Morgan fingerprint density at radius 3 is 2.61 bits per heavy atom. The maximum absolute atomic E-state index is 12.1. The van der Waals surface area contributed by atoms with Gasteiger partial charge in [0.15, 0.2) is 5.69 Å². The molecule has 0 bridgehead atoms. The maximum atomic E-state index is 12.1. The second kappa shape index (κ2) is 7.75. The number of aromatic nitrogens is 2. The van der Waals surface area contributed by atoms with E-state index in [1.54, 1.807) is 14.0 Å². The average molecular weight is 321 g/mol. The Bertz CT molecular complexity index is 590. The van der Waals surface area contributed by atoms with Crippen molar-refractivity contribution in [2.24, 2.45) is 13.0 Å². The molecule has 0 saturated heterocycles. The standard InChI is InChI=1S/C15H23N5O3/c1-3-16-13(21)9-17-15(23)11-8-12(20(2)19-11)18-14(22)10-6-4-5-7-10/h8,10H,3-7,9H2,1-2H3,(H,16,21)(H,17,23)(H,18,22). The van der Waals surface area contributed by atoms with E-state index in [2.05, 4.69) is 21.0 Å². The zero-order valence-corrected chi connectivity index (χ0v) is 13.5. The third-order valence-corrected chi connectivity index (χ3v) is 3.87. The number of carbonyl (C=O) groups excluding carboxylic acids is 3. The molecule has 126 valence electrons. The first-order valence-electron chi connectivity index (χ1n) is 7.91. The second-order valence-electron chi connectivity index (χ2n) is 5.65. The topological polar surface area (TPSA) is 105 Å². The number of amides is 3. The van der Waals surface area contributed by atoms with Crippen LogP contribution in [0.5, 0.6) is 0 Å². The number of hydrogen-bond donors (Lipinski definition) is 3. The van der Waals surface area contributed by atoms with Crippen LogP contribution in [0.1, 0.15) is 43.1 Å². The molecule has 0 unspecified atom stereocenters. The molecule has 1 saturated carbocycles. The van der Waals surface area contributed by atoms with Gasteiger partial charge >= 0.3 is 0 Å². The van der Waals surface area contributed by atoms with Crippen molar-refractivity contribution in [1.29, 1.82) is 0 Å². The van der Waals surface area contributed by atoms with Gasteiger partial charge in [-0.2, -0.15) is 5.10 Å². The van der Waals surface area contributed by atoms with E-state index >= 15 is 0 Å². The number of hydrogen-bond acceptors (Lipinski definition) is 4. The second-order valence-corrected chi connectivity index (χ2v) is 5.65. The van der Waals surface area contributed by atoms with Crippen LogP contribution in [-0.2, 0) is 16.6 Å². The van der Waals surface area contributed by atoms with Crippen molar-refractivity contribution in [3.05, 3.63) is 11.8 Å². The van der Waals surface area contributed by atoms with Gasteiger partial charge < -0.3 is 16.0 Å². The first-order valence-corrected chi connectivity index (χ1v) is 7.91. The highest BCUT2D eigenvalue weighted by atomic mass is 16.2. The van der Waals surface area contributed by atoms with E-state index in [1.807, 2.05) is 0 Å². The molecular weight excluding hydrogens is 298 g/mol. The van der Waals surface area contributed by atoms with Crippen LogP contribution in [-0.4, -0.2) is 40.6 Å². The fourth-order valence-electron chi connectivity index (χ4n) is 2.62. The van der Waals surface area contributed by atoms with Crippen LogP contribution in [0, 0.1) is 5.92 Å². The molecule has 1 aliphatic rings. The van der Waals surface area contributed by atoms with Crippen LogP contribution in [0.4, 0.5) is 5.82 Å². The van der Waals surface area contributed by atoms with Crippen molar-refractivity contribution < 1.29 is 14.4 Å². The van der Waals surface area contributed by atoms with E-state index < -0.39 is 5.91 Å². The quantitative estimate of drug-likeness (QED) is 0.706. The smallest absolute Gasteiger partial charge is 0.272 e. The van der Waals surface area contributed by atoms with Crippen LogP contribution in [0.25, 0.3) is 0 Å². The van der Waals surface area contributed by atoms with Gasteiger partial charge in [0.2, 0.25) is 11.8 Å². The van der Waals surface area contributed by atoms with Crippen LogP contribution < -0.4 is 16.0 Å². The normalized spacial score (nSPS) is 14.5. The zero-order valence-electron chi connectivity index (χ0n) is 13.5. The summed E-state index contributed by atoms with van der Waals surface area (Å²) in [4.78, 5) is 35.4. The molecule has 1 aromatic heterocycles. The number of rotatable bonds is 6. The van der Waals surface area contributed by atoms with Gasteiger partial charge in [0, 0.05) is 25.6 Å². The molecule has 0 aromatic carbocycles. The SMILES string of the molecule is CCNC(=O)CNC(=O)c1cc(NC(=O)C2CCCC2)n(C)n1. The maximum Gasteiger partial charge on any atom is 0.272 e. The monoisotopic (exact) mass is 321 g/mol. The summed E-state index contributed by atoms with van der Waals surface area (Å²) in [6, 6.07) is 1.51. The lowest BCUT2D eigenvalue weighted by atomic mass is 10.1. The van der Waals surface area contributed by atoms with Crippen molar-refractivity contribution >= 4 is 23.5 Å². The number of likely N-dealkylation sites (N-methyl/N-ethyl adjacent to an activating group) is 1. The van der Waals surface area contributed by atoms with Gasteiger partial charge in [-0.3, -0.25) is 19.1 Å². The molecule has 0 radical (unpaired) electrons. The Balaban J connectivity index is 1.92. The summed E-state index contributed by atoms with van der Waals surface area (Å²) in [7, 11) is 1.66. The van der Waals surface area contributed by atoms with Gasteiger partial charge in [-0.1, -0.05) is 12.8 Å². The number of anilines is 1. The van der Waals surface area contributed by atoms with E-state index in [1.165, 1.54) is 10.7 Å². The number of nitrogens with zero attached hydrogens (tertiary/aromatic N) is 2. The number of carbonyl (C=O) groups is 3. The molecule has 0 aliphatic heterocycles. The first-order chi connectivity index (χ1) is 11.0. The molecule has 8 heteroatoms. The van der Waals surface area contributed by atoms with Crippen molar-refractivity contribution in [2.45, 2.75) is 32.6 Å². The molecule has 0 spiro atoms. The van der Waals surface area contributed by atoms with Gasteiger partial charge in [-0.25, -0.2) is 0 Å². The summed E-state index contributed by atoms with van der Waals surface area (Å²) in [6.07, 6.45) is 3.97. The Hall–Kier alpha value is -2.38. The minimum atomic E-state index is -0.451. The van der Waals surface area contributed by atoms with Gasteiger partial charge in [0.1, 0.15) is 5.82 Å². The van der Waals surface area contributed by atoms with E-state index in [4.69, 9.17) is 0 Å². The first kappa shape index (κ1) is 17.0. The molecule has 3 amide bonds. The third-order valence-electron chi connectivity index (χ3n) is 3.87. The molecule has 23 heavy (non-hydrogen) atoms. The van der Waals surface area contributed by atoms with Crippen molar-refractivity contribution in [3.8, 4) is 0 Å². The molecular formula is C15H23N5O3. The summed E-state index contributed by atoms with van der Waals surface area (Å²) in [5.74, 6) is -0.218. The number of nitrogens with one attached hydrogen (secondary N) is 3. The predicted octanol–water partition coefficient (Wildman–Crippen LogP) is 0.415. The average Bonchev–Trinajstić information content (AvgIpc) is 3.16. The Morgan fingerprint density at radius 2 is 1.96 bits per heavy atom. The van der Waals surface area contributed by atoms with E-state index in [-0.39, 0.29) is 30.0 Å². The highest BCUT2D eigenvalue weighted by Crippen LogP contribution is 2.26. The van der Waals surface area contributed by atoms with Crippen molar-refractivity contribution in [3.63, 3.8) is 0 Å². The van der Waals surface area contributed by atoms with Crippen molar-refractivity contribution in [2.75, 3.05) is 18.4 Å². The van der Waals surface area contributed by atoms with Crippen molar-refractivity contribution in [1.82, 2.24) is 20.4 Å². The Kier molecular flexibility index (Phi) is 5.72. The number of aryl methyl sites for hydroxylation is 1. The van der Waals surface area contributed by atoms with Crippen LogP contribution in [0.2, 0.25) is 0 Å². The summed E-state index contributed by atoms with van der Waals surface area (Å²) in [5.41, 5.74) is 0.165. The van der Waals surface area contributed by atoms with Crippen LogP contribution in [0.15, 0.2) is 6.07 Å². The lowest BCUT2D eigenvalue weighted by molar-refractivity contribution is -0.120. The zero-order chi connectivity index (χ0) is 16.8. The molecule has 1 aromatic rings. The molecule has 8 nitrogen and oxygen atoms in total.